The first kappa shape index (κ1) is 13.6. The van der Waals surface area contributed by atoms with E-state index in [2.05, 4.69) is 21.2 Å². The van der Waals surface area contributed by atoms with Gasteiger partial charge >= 0.3 is 0 Å². The van der Waals surface area contributed by atoms with Crippen LogP contribution in [0.4, 0.5) is 4.39 Å². The van der Waals surface area contributed by atoms with E-state index in [0.717, 1.165) is 0 Å². The van der Waals surface area contributed by atoms with E-state index in [1.165, 1.54) is 12.1 Å². The van der Waals surface area contributed by atoms with Crippen LogP contribution < -0.4 is 5.32 Å². The minimum atomic E-state index is -0.487. The van der Waals surface area contributed by atoms with Gasteiger partial charge in [-0.3, -0.25) is 4.79 Å². The molecule has 0 radical (unpaired) electrons. The molecule has 18 heavy (non-hydrogen) atoms. The van der Waals surface area contributed by atoms with E-state index >= 15 is 0 Å². The first-order valence-electron chi connectivity index (χ1n) is 5.88. The van der Waals surface area contributed by atoms with Gasteiger partial charge in [-0.2, -0.15) is 0 Å². The van der Waals surface area contributed by atoms with Crippen molar-refractivity contribution >= 4 is 21.7 Å². The molecule has 2 unspecified atom stereocenters. The number of benzene rings is 1. The number of ketones is 1. The van der Waals surface area contributed by atoms with Crippen LogP contribution in [0, 0.1) is 5.82 Å². The molecular weight excluding hydrogens is 301 g/mol. The first-order valence-corrected chi connectivity index (χ1v) is 6.67. The summed E-state index contributed by atoms with van der Waals surface area (Å²) in [5.74, 6) is -0.686. The van der Waals surface area contributed by atoms with Crippen LogP contribution in [0.2, 0.25) is 0 Å². The summed E-state index contributed by atoms with van der Waals surface area (Å²) in [7, 11) is 0. The highest BCUT2D eigenvalue weighted by Crippen LogP contribution is 2.17. The lowest BCUT2D eigenvalue weighted by atomic mass is 10.0. The summed E-state index contributed by atoms with van der Waals surface area (Å²) in [6.45, 7) is 3.14. The molecule has 2 atom stereocenters. The summed E-state index contributed by atoms with van der Waals surface area (Å²) in [5, 5.41) is 3.27. The zero-order chi connectivity index (χ0) is 13.1. The molecule has 1 N–H and O–H groups in total. The molecular formula is C13H15BrFNO2. The second-order valence-corrected chi connectivity index (χ2v) is 5.47. The van der Waals surface area contributed by atoms with Crippen LogP contribution in [0.25, 0.3) is 0 Å². The number of ether oxygens (including phenoxy) is 1. The molecule has 1 aromatic rings. The average molecular weight is 316 g/mol. The monoisotopic (exact) mass is 315 g/mol. The highest BCUT2D eigenvalue weighted by atomic mass is 79.9. The van der Waals surface area contributed by atoms with E-state index in [1.807, 2.05) is 6.92 Å². The summed E-state index contributed by atoms with van der Waals surface area (Å²) in [6.07, 6.45) is 0.253. The molecule has 0 saturated carbocycles. The molecule has 1 aromatic carbocycles. The molecule has 1 saturated heterocycles. The SMILES string of the molecule is CC1COCC(CC(=O)c2ccc(Br)cc2F)N1. The Bertz CT molecular complexity index is 453. The predicted octanol–water partition coefficient (Wildman–Crippen LogP) is 2.54. The quantitative estimate of drug-likeness (QED) is 0.871. The van der Waals surface area contributed by atoms with E-state index < -0.39 is 5.82 Å². The van der Waals surface area contributed by atoms with Crippen LogP contribution in [0.3, 0.4) is 0 Å². The third-order valence-electron chi connectivity index (χ3n) is 2.87. The Labute approximate surface area is 114 Å². The van der Waals surface area contributed by atoms with Crippen molar-refractivity contribution in [1.82, 2.24) is 5.32 Å². The molecule has 1 heterocycles. The Balaban J connectivity index is 2.03. The molecule has 0 aliphatic carbocycles. The molecule has 0 spiro atoms. The molecule has 1 fully saturated rings. The Kier molecular flexibility index (Phi) is 4.48. The summed E-state index contributed by atoms with van der Waals surface area (Å²) in [6, 6.07) is 4.68. The van der Waals surface area contributed by atoms with Crippen LogP contribution in [0.5, 0.6) is 0 Å². The van der Waals surface area contributed by atoms with Crippen LogP contribution in [0.1, 0.15) is 23.7 Å². The fraction of sp³-hybridized carbons (Fsp3) is 0.462. The van der Waals surface area contributed by atoms with Crippen LogP contribution in [-0.2, 0) is 4.74 Å². The largest absolute Gasteiger partial charge is 0.378 e. The standard InChI is InChI=1S/C13H15BrFNO2/c1-8-6-18-7-10(16-8)5-13(17)11-3-2-9(14)4-12(11)15/h2-4,8,10,16H,5-7H2,1H3. The number of carbonyl (C=O) groups is 1. The zero-order valence-electron chi connectivity index (χ0n) is 10.1. The van der Waals surface area contributed by atoms with Crippen LogP contribution in [0.15, 0.2) is 22.7 Å². The predicted molar refractivity (Wildman–Crippen MR) is 70.3 cm³/mol. The maximum atomic E-state index is 13.6. The second kappa shape index (κ2) is 5.91. The summed E-state index contributed by atoms with van der Waals surface area (Å²) >= 11 is 3.17. The molecule has 0 bridgehead atoms. The van der Waals surface area contributed by atoms with Crippen molar-refractivity contribution in [3.63, 3.8) is 0 Å². The number of Topliss-reactive ketones (excluding diaryl/α,β-unsaturated/α-hetero) is 1. The maximum absolute atomic E-state index is 13.6. The van der Waals surface area contributed by atoms with E-state index in [9.17, 15) is 9.18 Å². The topological polar surface area (TPSA) is 38.3 Å². The number of nitrogens with one attached hydrogen (secondary N) is 1. The van der Waals surface area contributed by atoms with Gasteiger partial charge in [0.2, 0.25) is 0 Å². The number of rotatable bonds is 3. The number of hydrogen-bond donors (Lipinski definition) is 1. The highest BCUT2D eigenvalue weighted by Gasteiger charge is 2.22. The molecule has 0 aromatic heterocycles. The number of carbonyl (C=O) groups excluding carboxylic acids is 1. The van der Waals surface area contributed by atoms with Gasteiger partial charge in [-0.05, 0) is 25.1 Å². The smallest absolute Gasteiger partial charge is 0.167 e. The third-order valence-corrected chi connectivity index (χ3v) is 3.36. The lowest BCUT2D eigenvalue weighted by Crippen LogP contribution is -2.48. The second-order valence-electron chi connectivity index (χ2n) is 4.55. The number of hydrogen-bond acceptors (Lipinski definition) is 3. The summed E-state index contributed by atoms with van der Waals surface area (Å²) in [4.78, 5) is 12.0. The van der Waals surface area contributed by atoms with Gasteiger partial charge in [0, 0.05) is 23.0 Å². The fourth-order valence-electron chi connectivity index (χ4n) is 2.05. The van der Waals surface area contributed by atoms with Gasteiger partial charge in [-0.25, -0.2) is 4.39 Å². The Morgan fingerprint density at radius 2 is 2.33 bits per heavy atom. The Morgan fingerprint density at radius 1 is 1.56 bits per heavy atom. The molecule has 5 heteroatoms. The minimum Gasteiger partial charge on any atom is -0.378 e. The molecule has 2 rings (SSSR count). The van der Waals surface area contributed by atoms with Crippen molar-refractivity contribution in [3.8, 4) is 0 Å². The van der Waals surface area contributed by atoms with Gasteiger partial charge in [-0.15, -0.1) is 0 Å². The third kappa shape index (κ3) is 3.37. The molecule has 3 nitrogen and oxygen atoms in total. The minimum absolute atomic E-state index is 0.0377. The van der Waals surface area contributed by atoms with Crippen molar-refractivity contribution in [2.24, 2.45) is 0 Å². The average Bonchev–Trinajstić information content (AvgIpc) is 2.28. The van der Waals surface area contributed by atoms with Gasteiger partial charge < -0.3 is 10.1 Å². The lowest BCUT2D eigenvalue weighted by Gasteiger charge is -2.28. The molecule has 0 amide bonds. The van der Waals surface area contributed by atoms with Gasteiger partial charge in [0.15, 0.2) is 5.78 Å². The molecule has 1 aliphatic heterocycles. The Morgan fingerprint density at radius 3 is 3.00 bits per heavy atom. The number of halogens is 2. The summed E-state index contributed by atoms with van der Waals surface area (Å²) in [5.41, 5.74) is 0.137. The van der Waals surface area contributed by atoms with Crippen LogP contribution in [-0.4, -0.2) is 31.1 Å². The van der Waals surface area contributed by atoms with Crippen molar-refractivity contribution < 1.29 is 13.9 Å². The van der Waals surface area contributed by atoms with E-state index in [-0.39, 0.29) is 29.9 Å². The van der Waals surface area contributed by atoms with Crippen LogP contribution >= 0.6 is 15.9 Å². The Hall–Kier alpha value is -0.780. The lowest BCUT2D eigenvalue weighted by molar-refractivity contribution is 0.0463. The normalized spacial score (nSPS) is 23.9. The van der Waals surface area contributed by atoms with Gasteiger partial charge in [-0.1, -0.05) is 15.9 Å². The number of morpholine rings is 1. The van der Waals surface area contributed by atoms with E-state index in [0.29, 0.717) is 17.7 Å². The van der Waals surface area contributed by atoms with E-state index in [4.69, 9.17) is 4.74 Å². The van der Waals surface area contributed by atoms with E-state index in [1.54, 1.807) is 6.07 Å². The first-order chi connectivity index (χ1) is 8.56. The highest BCUT2D eigenvalue weighted by molar-refractivity contribution is 9.10. The van der Waals surface area contributed by atoms with Crippen molar-refractivity contribution in [2.75, 3.05) is 13.2 Å². The molecule has 98 valence electrons. The fourth-order valence-corrected chi connectivity index (χ4v) is 2.39. The zero-order valence-corrected chi connectivity index (χ0v) is 11.7. The van der Waals surface area contributed by atoms with Crippen molar-refractivity contribution in [1.29, 1.82) is 0 Å². The van der Waals surface area contributed by atoms with Crippen molar-refractivity contribution in [3.05, 3.63) is 34.1 Å². The van der Waals surface area contributed by atoms with Crippen molar-refractivity contribution in [2.45, 2.75) is 25.4 Å². The summed E-state index contributed by atoms with van der Waals surface area (Å²) < 4.78 is 19.6. The van der Waals surface area contributed by atoms with Gasteiger partial charge in [0.1, 0.15) is 5.82 Å². The maximum Gasteiger partial charge on any atom is 0.167 e. The van der Waals surface area contributed by atoms with Gasteiger partial charge in [0.05, 0.1) is 18.8 Å². The molecule has 1 aliphatic rings. The van der Waals surface area contributed by atoms with Gasteiger partial charge in [0.25, 0.3) is 0 Å².